The first-order chi connectivity index (χ1) is 16.3. The Morgan fingerprint density at radius 3 is 2.49 bits per heavy atom. The molecule has 5 rings (SSSR count). The number of hydrogen-bond acceptors (Lipinski definition) is 6. The van der Waals surface area contributed by atoms with E-state index in [-0.39, 0.29) is 24.8 Å². The third-order valence-electron chi connectivity index (χ3n) is 6.18. The van der Waals surface area contributed by atoms with Crippen LogP contribution >= 0.6 is 24.8 Å². The molecule has 0 spiro atoms. The lowest BCUT2D eigenvalue weighted by Crippen LogP contribution is -2.45. The molecule has 35 heavy (non-hydrogen) atoms. The number of piperidine rings is 1. The average molecular weight is 513 g/mol. The zero-order valence-electron chi connectivity index (χ0n) is 19.5. The van der Waals surface area contributed by atoms with Crippen LogP contribution in [0.2, 0.25) is 0 Å². The van der Waals surface area contributed by atoms with Gasteiger partial charge >= 0.3 is 0 Å². The van der Waals surface area contributed by atoms with Crippen LogP contribution in [0, 0.1) is 0 Å². The lowest BCUT2D eigenvalue weighted by atomic mass is 9.92. The maximum absolute atomic E-state index is 5.67. The van der Waals surface area contributed by atoms with Gasteiger partial charge < -0.3 is 15.4 Å². The molecule has 1 aromatic heterocycles. The highest BCUT2D eigenvalue weighted by Gasteiger charge is 2.26. The van der Waals surface area contributed by atoms with Crippen molar-refractivity contribution in [3.63, 3.8) is 0 Å². The Morgan fingerprint density at radius 1 is 1.00 bits per heavy atom. The van der Waals surface area contributed by atoms with E-state index in [9.17, 15) is 0 Å². The molecule has 2 atom stereocenters. The molecule has 1 aliphatic heterocycles. The summed E-state index contributed by atoms with van der Waals surface area (Å²) in [6, 6.07) is 27.3. The van der Waals surface area contributed by atoms with Crippen molar-refractivity contribution >= 4 is 24.8 Å². The van der Waals surface area contributed by atoms with Crippen LogP contribution in [0.25, 0.3) is 17.1 Å². The normalized spacial score (nSPS) is 17.2. The summed E-state index contributed by atoms with van der Waals surface area (Å²) in [5.41, 5.74) is 4.26. The zero-order valence-corrected chi connectivity index (χ0v) is 21.1. The van der Waals surface area contributed by atoms with E-state index in [0.29, 0.717) is 24.5 Å². The third kappa shape index (κ3) is 6.00. The van der Waals surface area contributed by atoms with E-state index in [0.717, 1.165) is 42.0 Å². The van der Waals surface area contributed by atoms with E-state index in [1.807, 2.05) is 42.5 Å². The van der Waals surface area contributed by atoms with Gasteiger partial charge in [0.1, 0.15) is 5.75 Å². The standard InChI is InChI=1S/C26H28N6O.2ClH/c1-33-24-15-14-22(32-26(29-30-31-32)20-11-6-3-7-12-20)17-21(24)18-28-23-13-8-16-27-25(23)19-9-4-2-5-10-19;;/h2-7,9-12,14-15,17,23,25,27-28H,8,13,16,18H2,1H3;2*1H/t23-,25-;;/m0../s1. The molecule has 3 aromatic carbocycles. The summed E-state index contributed by atoms with van der Waals surface area (Å²) < 4.78 is 7.44. The van der Waals surface area contributed by atoms with E-state index in [2.05, 4.69) is 62.6 Å². The van der Waals surface area contributed by atoms with Crippen LogP contribution in [0.1, 0.15) is 30.0 Å². The number of hydrogen-bond donors (Lipinski definition) is 2. The van der Waals surface area contributed by atoms with Crippen LogP contribution < -0.4 is 15.4 Å². The number of tetrazole rings is 1. The van der Waals surface area contributed by atoms with Crippen LogP contribution in [0.5, 0.6) is 5.75 Å². The highest BCUT2D eigenvalue weighted by molar-refractivity contribution is 5.85. The fourth-order valence-electron chi connectivity index (χ4n) is 4.52. The van der Waals surface area contributed by atoms with E-state index in [4.69, 9.17) is 4.74 Å². The Balaban J connectivity index is 0.00000171. The summed E-state index contributed by atoms with van der Waals surface area (Å²) in [7, 11) is 1.71. The molecule has 2 N–H and O–H groups in total. The molecule has 1 fully saturated rings. The van der Waals surface area contributed by atoms with Crippen molar-refractivity contribution < 1.29 is 4.74 Å². The summed E-state index contributed by atoms with van der Waals surface area (Å²) in [5, 5.41) is 19.9. The van der Waals surface area contributed by atoms with Crippen molar-refractivity contribution in [1.29, 1.82) is 0 Å². The molecule has 0 aliphatic carbocycles. The Morgan fingerprint density at radius 2 is 1.74 bits per heavy atom. The number of ether oxygens (including phenoxy) is 1. The predicted molar refractivity (Wildman–Crippen MR) is 143 cm³/mol. The van der Waals surface area contributed by atoms with Gasteiger partial charge in [0.15, 0.2) is 5.82 Å². The van der Waals surface area contributed by atoms with E-state index >= 15 is 0 Å². The van der Waals surface area contributed by atoms with Gasteiger partial charge in [0, 0.05) is 29.8 Å². The van der Waals surface area contributed by atoms with E-state index < -0.39 is 0 Å². The SMILES string of the molecule is COc1ccc(-n2nnnc2-c2ccccc2)cc1CN[C@H]1CCCN[C@H]1c1ccccc1.Cl.Cl. The second-order valence-electron chi connectivity index (χ2n) is 8.25. The first kappa shape index (κ1) is 26.6. The molecule has 0 amide bonds. The van der Waals surface area contributed by atoms with Gasteiger partial charge in [-0.3, -0.25) is 0 Å². The van der Waals surface area contributed by atoms with Gasteiger partial charge in [-0.15, -0.1) is 29.9 Å². The van der Waals surface area contributed by atoms with Crippen molar-refractivity contribution in [2.24, 2.45) is 0 Å². The van der Waals surface area contributed by atoms with E-state index in [1.165, 1.54) is 5.56 Å². The van der Waals surface area contributed by atoms with Crippen molar-refractivity contribution in [2.75, 3.05) is 13.7 Å². The number of methoxy groups -OCH3 is 1. The first-order valence-electron chi connectivity index (χ1n) is 11.4. The van der Waals surface area contributed by atoms with Crippen LogP contribution in [-0.4, -0.2) is 39.9 Å². The number of nitrogens with zero attached hydrogens (tertiary/aromatic N) is 4. The summed E-state index contributed by atoms with van der Waals surface area (Å²) in [4.78, 5) is 0. The van der Waals surface area contributed by atoms with Crippen LogP contribution in [-0.2, 0) is 6.54 Å². The monoisotopic (exact) mass is 512 g/mol. The first-order valence-corrected chi connectivity index (χ1v) is 11.4. The molecule has 9 heteroatoms. The highest BCUT2D eigenvalue weighted by Crippen LogP contribution is 2.27. The fourth-order valence-corrected chi connectivity index (χ4v) is 4.52. The fraction of sp³-hybridized carbons (Fsp3) is 0.269. The average Bonchev–Trinajstić information content (AvgIpc) is 3.39. The van der Waals surface area contributed by atoms with Crippen molar-refractivity contribution in [3.8, 4) is 22.8 Å². The topological polar surface area (TPSA) is 76.9 Å². The number of halogens is 2. The van der Waals surface area contributed by atoms with Gasteiger partial charge in [0.2, 0.25) is 0 Å². The van der Waals surface area contributed by atoms with Gasteiger partial charge in [-0.1, -0.05) is 60.7 Å². The Hall–Kier alpha value is -2.97. The van der Waals surface area contributed by atoms with Gasteiger partial charge in [-0.2, -0.15) is 4.68 Å². The van der Waals surface area contributed by atoms with Gasteiger partial charge in [-0.25, -0.2) is 0 Å². The van der Waals surface area contributed by atoms with E-state index in [1.54, 1.807) is 11.8 Å². The molecule has 1 aliphatic rings. The Bertz CT molecular complexity index is 1190. The van der Waals surface area contributed by atoms with Gasteiger partial charge in [0.05, 0.1) is 12.8 Å². The minimum Gasteiger partial charge on any atom is -0.496 e. The molecule has 2 heterocycles. The molecule has 1 saturated heterocycles. The van der Waals surface area contributed by atoms with Gasteiger partial charge in [0.25, 0.3) is 0 Å². The summed E-state index contributed by atoms with van der Waals surface area (Å²) >= 11 is 0. The number of rotatable bonds is 7. The smallest absolute Gasteiger partial charge is 0.187 e. The largest absolute Gasteiger partial charge is 0.496 e. The van der Waals surface area contributed by atoms with Crippen molar-refractivity contribution in [2.45, 2.75) is 31.5 Å². The predicted octanol–water partition coefficient (Wildman–Crippen LogP) is 4.76. The Labute approximate surface area is 218 Å². The molecular formula is C26H30Cl2N6O. The van der Waals surface area contributed by atoms with Crippen LogP contribution in [0.3, 0.4) is 0 Å². The summed E-state index contributed by atoms with van der Waals surface area (Å²) in [5.74, 6) is 1.56. The summed E-state index contributed by atoms with van der Waals surface area (Å²) in [6.45, 7) is 1.73. The number of nitrogens with one attached hydrogen (secondary N) is 2. The minimum atomic E-state index is 0. The zero-order chi connectivity index (χ0) is 22.5. The quantitative estimate of drug-likeness (QED) is 0.371. The lowest BCUT2D eigenvalue weighted by molar-refractivity contribution is 0.303. The second-order valence-corrected chi connectivity index (χ2v) is 8.25. The molecule has 7 nitrogen and oxygen atoms in total. The lowest BCUT2D eigenvalue weighted by Gasteiger charge is -2.34. The number of aromatic nitrogens is 4. The maximum Gasteiger partial charge on any atom is 0.187 e. The molecule has 184 valence electrons. The van der Waals surface area contributed by atoms with Crippen molar-refractivity contribution in [3.05, 3.63) is 90.0 Å². The number of benzene rings is 3. The molecule has 4 aromatic rings. The second kappa shape index (κ2) is 12.7. The summed E-state index contributed by atoms with van der Waals surface area (Å²) in [6.07, 6.45) is 2.28. The van der Waals surface area contributed by atoms with Gasteiger partial charge in [-0.05, 0) is 53.6 Å². The van der Waals surface area contributed by atoms with Crippen LogP contribution in [0.15, 0.2) is 78.9 Å². The molecular weight excluding hydrogens is 483 g/mol. The molecule has 0 unspecified atom stereocenters. The van der Waals surface area contributed by atoms with Crippen molar-refractivity contribution in [1.82, 2.24) is 30.8 Å². The molecule has 0 saturated carbocycles. The van der Waals surface area contributed by atoms with Crippen LogP contribution in [0.4, 0.5) is 0 Å². The molecule has 0 bridgehead atoms. The molecule has 0 radical (unpaired) electrons. The minimum absolute atomic E-state index is 0. The maximum atomic E-state index is 5.67. The highest BCUT2D eigenvalue weighted by atomic mass is 35.5. The Kier molecular flexibility index (Phi) is 9.63. The third-order valence-corrected chi connectivity index (χ3v) is 6.18.